The fourth-order valence-electron chi connectivity index (χ4n) is 1.53. The summed E-state index contributed by atoms with van der Waals surface area (Å²) >= 11 is 3.54. The Morgan fingerprint density at radius 1 is 1.44 bits per heavy atom. The summed E-state index contributed by atoms with van der Waals surface area (Å²) in [6.07, 6.45) is 3.76. The monoisotopic (exact) mass is 279 g/mol. The number of anilines is 2. The van der Waals surface area contributed by atoms with Gasteiger partial charge in [-0.15, -0.1) is 0 Å². The first-order chi connectivity index (χ1) is 7.70. The minimum Gasteiger partial charge on any atom is -0.325 e. The van der Waals surface area contributed by atoms with E-state index in [1.54, 1.807) is 6.20 Å². The summed E-state index contributed by atoms with van der Waals surface area (Å²) in [4.78, 5) is 4.28. The second kappa shape index (κ2) is 4.70. The molecule has 0 radical (unpaired) electrons. The van der Waals surface area contributed by atoms with Crippen molar-refractivity contribution in [1.29, 1.82) is 0 Å². The van der Waals surface area contributed by atoms with Crippen LogP contribution in [0.1, 0.15) is 12.5 Å². The zero-order valence-electron chi connectivity index (χ0n) is 9.37. The minimum absolute atomic E-state index is 0.868. The number of benzene rings is 1. The Hall–Kier alpha value is -1.29. The van der Waals surface area contributed by atoms with E-state index in [0.29, 0.717) is 0 Å². The molecule has 0 saturated carbocycles. The van der Waals surface area contributed by atoms with Crippen molar-refractivity contribution in [2.45, 2.75) is 20.4 Å². The number of nitrogens with one attached hydrogen (secondary N) is 1. The van der Waals surface area contributed by atoms with Gasteiger partial charge in [0.25, 0.3) is 0 Å². The highest BCUT2D eigenvalue weighted by Gasteiger charge is 2.04. The third kappa shape index (κ3) is 2.27. The number of nitrogens with zero attached hydrogens (tertiary/aromatic N) is 2. The second-order valence-electron chi connectivity index (χ2n) is 3.65. The first-order valence-electron chi connectivity index (χ1n) is 5.25. The van der Waals surface area contributed by atoms with Gasteiger partial charge >= 0.3 is 0 Å². The quantitative estimate of drug-likeness (QED) is 0.928. The topological polar surface area (TPSA) is 29.9 Å². The van der Waals surface area contributed by atoms with Crippen molar-refractivity contribution in [3.8, 4) is 0 Å². The van der Waals surface area contributed by atoms with Crippen LogP contribution < -0.4 is 5.32 Å². The molecule has 16 heavy (non-hydrogen) atoms. The first kappa shape index (κ1) is 11.2. The fourth-order valence-corrected chi connectivity index (χ4v) is 2.12. The highest BCUT2D eigenvalue weighted by molar-refractivity contribution is 9.10. The summed E-state index contributed by atoms with van der Waals surface area (Å²) in [5, 5.41) is 3.30. The number of hydrogen-bond acceptors (Lipinski definition) is 2. The number of aryl methyl sites for hydroxylation is 2. The molecule has 0 spiro atoms. The molecule has 2 rings (SSSR count). The molecule has 0 atom stereocenters. The molecule has 0 saturated heterocycles. The van der Waals surface area contributed by atoms with Gasteiger partial charge in [-0.1, -0.05) is 6.07 Å². The SMILES string of the molecule is CCn1ccnc1Nc1ccc(C)cc1Br. The van der Waals surface area contributed by atoms with E-state index >= 15 is 0 Å². The molecule has 0 aliphatic rings. The standard InChI is InChI=1S/C12H14BrN3/c1-3-16-7-6-14-12(16)15-11-5-4-9(2)8-10(11)13/h4-8H,3H2,1-2H3,(H,14,15). The second-order valence-corrected chi connectivity index (χ2v) is 4.50. The number of halogens is 1. The molecular weight excluding hydrogens is 266 g/mol. The van der Waals surface area contributed by atoms with Gasteiger partial charge in [0, 0.05) is 23.4 Å². The van der Waals surface area contributed by atoms with Gasteiger partial charge in [0.05, 0.1) is 5.69 Å². The van der Waals surface area contributed by atoms with Crippen molar-refractivity contribution in [1.82, 2.24) is 9.55 Å². The van der Waals surface area contributed by atoms with Gasteiger partial charge in [0.15, 0.2) is 0 Å². The maximum Gasteiger partial charge on any atom is 0.207 e. The van der Waals surface area contributed by atoms with Gasteiger partial charge in [-0.25, -0.2) is 4.98 Å². The van der Waals surface area contributed by atoms with E-state index in [-0.39, 0.29) is 0 Å². The summed E-state index contributed by atoms with van der Waals surface area (Å²) < 4.78 is 3.12. The largest absolute Gasteiger partial charge is 0.325 e. The zero-order valence-corrected chi connectivity index (χ0v) is 11.0. The molecular formula is C12H14BrN3. The van der Waals surface area contributed by atoms with Crippen molar-refractivity contribution >= 4 is 27.6 Å². The van der Waals surface area contributed by atoms with Crippen LogP contribution in [-0.2, 0) is 6.54 Å². The molecule has 1 aromatic heterocycles. The average Bonchev–Trinajstić information content (AvgIpc) is 2.69. The number of rotatable bonds is 3. The molecule has 0 fully saturated rings. The smallest absolute Gasteiger partial charge is 0.207 e. The van der Waals surface area contributed by atoms with Gasteiger partial charge in [-0.3, -0.25) is 0 Å². The van der Waals surface area contributed by atoms with E-state index in [0.717, 1.165) is 22.7 Å². The lowest BCUT2D eigenvalue weighted by Crippen LogP contribution is -2.01. The maximum atomic E-state index is 4.28. The predicted molar refractivity (Wildman–Crippen MR) is 70.1 cm³/mol. The fraction of sp³-hybridized carbons (Fsp3) is 0.250. The van der Waals surface area contributed by atoms with E-state index in [1.807, 2.05) is 12.3 Å². The Morgan fingerprint density at radius 2 is 2.25 bits per heavy atom. The minimum atomic E-state index is 0.868. The lowest BCUT2D eigenvalue weighted by molar-refractivity contribution is 0.771. The summed E-state index contributed by atoms with van der Waals surface area (Å²) in [7, 11) is 0. The van der Waals surface area contributed by atoms with Crippen LogP contribution in [0, 0.1) is 6.92 Å². The Kier molecular flexibility index (Phi) is 3.29. The van der Waals surface area contributed by atoms with Crippen LogP contribution in [0.15, 0.2) is 35.1 Å². The molecule has 0 aliphatic carbocycles. The van der Waals surface area contributed by atoms with Crippen molar-refractivity contribution in [2.75, 3.05) is 5.32 Å². The molecule has 1 aromatic carbocycles. The highest BCUT2D eigenvalue weighted by Crippen LogP contribution is 2.26. The van der Waals surface area contributed by atoms with E-state index in [9.17, 15) is 0 Å². The lowest BCUT2D eigenvalue weighted by Gasteiger charge is -2.09. The molecule has 1 heterocycles. The molecule has 1 N–H and O–H groups in total. The Morgan fingerprint density at radius 3 is 2.94 bits per heavy atom. The summed E-state index contributed by atoms with van der Waals surface area (Å²) in [5.74, 6) is 0.868. The molecule has 0 amide bonds. The lowest BCUT2D eigenvalue weighted by atomic mass is 10.2. The van der Waals surface area contributed by atoms with Gasteiger partial charge in [-0.2, -0.15) is 0 Å². The van der Waals surface area contributed by atoms with Crippen LogP contribution in [0.2, 0.25) is 0 Å². The molecule has 4 heteroatoms. The molecule has 0 bridgehead atoms. The number of hydrogen-bond donors (Lipinski definition) is 1. The summed E-state index contributed by atoms with van der Waals surface area (Å²) in [6, 6.07) is 6.21. The molecule has 0 unspecified atom stereocenters. The van der Waals surface area contributed by atoms with Gasteiger partial charge in [0.2, 0.25) is 5.95 Å². The maximum absolute atomic E-state index is 4.28. The summed E-state index contributed by atoms with van der Waals surface area (Å²) in [5.41, 5.74) is 2.27. The number of aromatic nitrogens is 2. The van der Waals surface area contributed by atoms with Crippen molar-refractivity contribution in [2.24, 2.45) is 0 Å². The zero-order chi connectivity index (χ0) is 11.5. The van der Waals surface area contributed by atoms with E-state index in [4.69, 9.17) is 0 Å². The predicted octanol–water partition coefficient (Wildman–Crippen LogP) is 3.72. The van der Waals surface area contributed by atoms with Crippen molar-refractivity contribution in [3.63, 3.8) is 0 Å². The highest BCUT2D eigenvalue weighted by atomic mass is 79.9. The molecule has 0 aliphatic heterocycles. The van der Waals surface area contributed by atoms with E-state index < -0.39 is 0 Å². The van der Waals surface area contributed by atoms with Crippen molar-refractivity contribution < 1.29 is 0 Å². The Balaban J connectivity index is 2.27. The van der Waals surface area contributed by atoms with E-state index in [2.05, 4.69) is 56.8 Å². The average molecular weight is 280 g/mol. The van der Waals surface area contributed by atoms with Crippen LogP contribution in [0.3, 0.4) is 0 Å². The third-order valence-electron chi connectivity index (χ3n) is 2.43. The van der Waals surface area contributed by atoms with Crippen LogP contribution in [-0.4, -0.2) is 9.55 Å². The number of imidazole rings is 1. The van der Waals surface area contributed by atoms with Gasteiger partial charge in [-0.05, 0) is 47.5 Å². The first-order valence-corrected chi connectivity index (χ1v) is 6.04. The van der Waals surface area contributed by atoms with Crippen LogP contribution in [0.4, 0.5) is 11.6 Å². The molecule has 84 valence electrons. The van der Waals surface area contributed by atoms with Crippen LogP contribution in [0.25, 0.3) is 0 Å². The molecule has 2 aromatic rings. The van der Waals surface area contributed by atoms with Gasteiger partial charge in [0.1, 0.15) is 0 Å². The van der Waals surface area contributed by atoms with Crippen LogP contribution in [0.5, 0.6) is 0 Å². The van der Waals surface area contributed by atoms with E-state index in [1.165, 1.54) is 5.56 Å². The Bertz CT molecular complexity index is 491. The normalized spacial score (nSPS) is 10.4. The Labute approximate surface area is 104 Å². The third-order valence-corrected chi connectivity index (χ3v) is 3.08. The summed E-state index contributed by atoms with van der Waals surface area (Å²) in [6.45, 7) is 5.07. The van der Waals surface area contributed by atoms with Crippen molar-refractivity contribution in [3.05, 3.63) is 40.6 Å². The van der Waals surface area contributed by atoms with Gasteiger partial charge < -0.3 is 9.88 Å². The van der Waals surface area contributed by atoms with Crippen LogP contribution >= 0.6 is 15.9 Å². The molecule has 3 nitrogen and oxygen atoms in total.